The summed E-state index contributed by atoms with van der Waals surface area (Å²) >= 11 is 0. The minimum atomic E-state index is -1.00. The van der Waals surface area contributed by atoms with Crippen molar-refractivity contribution in [2.24, 2.45) is 0 Å². The molecule has 0 aliphatic carbocycles. The molecule has 6 heteroatoms. The Morgan fingerprint density at radius 2 is 1.86 bits per heavy atom. The Bertz CT molecular complexity index is 611. The number of amides is 1. The van der Waals surface area contributed by atoms with Crippen LogP contribution in [0.2, 0.25) is 0 Å². The van der Waals surface area contributed by atoms with Gasteiger partial charge in [-0.15, -0.1) is 0 Å². The first kappa shape index (κ1) is 14.5. The zero-order valence-corrected chi connectivity index (χ0v) is 11.2. The molecule has 0 atom stereocenters. The molecule has 1 amide bonds. The predicted molar refractivity (Wildman–Crippen MR) is 76.3 cm³/mol. The monoisotopic (exact) mass is 286 g/mol. The molecule has 0 unspecified atom stereocenters. The van der Waals surface area contributed by atoms with E-state index in [1.165, 1.54) is 6.20 Å². The molecule has 0 radical (unpaired) electrons. The van der Waals surface area contributed by atoms with Gasteiger partial charge < -0.3 is 15.2 Å². The van der Waals surface area contributed by atoms with Gasteiger partial charge in [0.2, 0.25) is 11.8 Å². The Balaban J connectivity index is 1.90. The van der Waals surface area contributed by atoms with Gasteiger partial charge in [-0.05, 0) is 18.2 Å². The molecule has 1 aromatic carbocycles. The Labute approximate surface area is 121 Å². The number of nitrogens with zero attached hydrogens (tertiary/aromatic N) is 1. The summed E-state index contributed by atoms with van der Waals surface area (Å²) in [6.45, 7) is 0. The Morgan fingerprint density at radius 1 is 1.10 bits per heavy atom. The second-order valence-electron chi connectivity index (χ2n) is 4.24. The van der Waals surface area contributed by atoms with Gasteiger partial charge in [-0.2, -0.15) is 0 Å². The maximum Gasteiger partial charge on any atom is 0.303 e. The third-order valence-corrected chi connectivity index (χ3v) is 2.55. The maximum atomic E-state index is 11.5. The first-order chi connectivity index (χ1) is 10.1. The number of carbonyl (C=O) groups excluding carboxylic acids is 1. The summed E-state index contributed by atoms with van der Waals surface area (Å²) in [7, 11) is 0. The van der Waals surface area contributed by atoms with E-state index in [-0.39, 0.29) is 18.7 Å². The molecule has 0 saturated heterocycles. The number of aliphatic carboxylic acids is 1. The van der Waals surface area contributed by atoms with E-state index in [2.05, 4.69) is 10.3 Å². The highest BCUT2D eigenvalue weighted by Crippen LogP contribution is 2.19. The summed E-state index contributed by atoms with van der Waals surface area (Å²) in [6, 6.07) is 12.5. The number of nitrogens with one attached hydrogen (secondary N) is 1. The van der Waals surface area contributed by atoms with Crippen LogP contribution in [0, 0.1) is 0 Å². The number of hydrogen-bond acceptors (Lipinski definition) is 4. The molecule has 0 aliphatic heterocycles. The van der Waals surface area contributed by atoms with Gasteiger partial charge >= 0.3 is 5.97 Å². The molecule has 1 heterocycles. The minimum absolute atomic E-state index is 0.0718. The lowest BCUT2D eigenvalue weighted by molar-refractivity contribution is -0.138. The highest BCUT2D eigenvalue weighted by molar-refractivity contribution is 5.92. The van der Waals surface area contributed by atoms with Gasteiger partial charge in [-0.25, -0.2) is 4.98 Å². The first-order valence-electron chi connectivity index (χ1n) is 6.34. The molecule has 21 heavy (non-hydrogen) atoms. The summed E-state index contributed by atoms with van der Waals surface area (Å²) in [5, 5.41) is 11.1. The van der Waals surface area contributed by atoms with Crippen LogP contribution in [0.15, 0.2) is 48.7 Å². The number of carbonyl (C=O) groups is 2. The number of benzene rings is 1. The van der Waals surface area contributed by atoms with Crippen molar-refractivity contribution in [3.8, 4) is 11.6 Å². The highest BCUT2D eigenvalue weighted by Gasteiger charge is 2.06. The van der Waals surface area contributed by atoms with Crippen LogP contribution in [0.3, 0.4) is 0 Å². The van der Waals surface area contributed by atoms with Crippen LogP contribution in [-0.2, 0) is 9.59 Å². The smallest absolute Gasteiger partial charge is 0.303 e. The van der Waals surface area contributed by atoms with E-state index in [9.17, 15) is 9.59 Å². The molecule has 0 aliphatic rings. The van der Waals surface area contributed by atoms with Crippen LogP contribution < -0.4 is 10.1 Å². The standard InChI is InChI=1S/C15H14N2O4/c18-13(7-9-15(19)20)17-11-6-8-14(16-10-11)21-12-4-2-1-3-5-12/h1-6,8,10H,7,9H2,(H,17,18)(H,19,20). The molecule has 6 nitrogen and oxygen atoms in total. The van der Waals surface area contributed by atoms with Crippen LogP contribution in [-0.4, -0.2) is 22.0 Å². The molecule has 2 aromatic rings. The quantitative estimate of drug-likeness (QED) is 0.852. The molecule has 0 saturated carbocycles. The summed E-state index contributed by atoms with van der Waals surface area (Å²) in [4.78, 5) is 25.9. The lowest BCUT2D eigenvalue weighted by Gasteiger charge is -2.06. The third-order valence-electron chi connectivity index (χ3n) is 2.55. The van der Waals surface area contributed by atoms with E-state index in [1.54, 1.807) is 12.1 Å². The number of aromatic nitrogens is 1. The topological polar surface area (TPSA) is 88.5 Å². The van der Waals surface area contributed by atoms with E-state index in [0.717, 1.165) is 0 Å². The van der Waals surface area contributed by atoms with E-state index in [0.29, 0.717) is 17.3 Å². The molecule has 0 fully saturated rings. The zero-order chi connectivity index (χ0) is 15.1. The fourth-order valence-corrected chi connectivity index (χ4v) is 1.57. The number of pyridine rings is 1. The molecule has 0 spiro atoms. The SMILES string of the molecule is O=C(O)CCC(=O)Nc1ccc(Oc2ccccc2)nc1. The van der Waals surface area contributed by atoms with Crippen LogP contribution in [0.4, 0.5) is 5.69 Å². The van der Waals surface area contributed by atoms with Crippen molar-refractivity contribution < 1.29 is 19.4 Å². The molecule has 1 aromatic heterocycles. The fraction of sp³-hybridized carbons (Fsp3) is 0.133. The first-order valence-corrected chi connectivity index (χ1v) is 6.34. The number of hydrogen-bond donors (Lipinski definition) is 2. The van der Waals surface area contributed by atoms with Crippen molar-refractivity contribution in [2.75, 3.05) is 5.32 Å². The van der Waals surface area contributed by atoms with Gasteiger partial charge in [0.15, 0.2) is 0 Å². The highest BCUT2D eigenvalue weighted by atomic mass is 16.5. The van der Waals surface area contributed by atoms with Crippen LogP contribution in [0.5, 0.6) is 11.6 Å². The van der Waals surface area contributed by atoms with Crippen molar-refractivity contribution in [3.05, 3.63) is 48.7 Å². The van der Waals surface area contributed by atoms with Crippen LogP contribution in [0.25, 0.3) is 0 Å². The minimum Gasteiger partial charge on any atom is -0.481 e. The Morgan fingerprint density at radius 3 is 2.48 bits per heavy atom. The number of rotatable bonds is 6. The van der Waals surface area contributed by atoms with Gasteiger partial charge in [0, 0.05) is 12.5 Å². The summed E-state index contributed by atoms with van der Waals surface area (Å²) < 4.78 is 5.52. The molecule has 2 N–H and O–H groups in total. The summed E-state index contributed by atoms with van der Waals surface area (Å²) in [5.74, 6) is -0.293. The molecular formula is C15H14N2O4. The number of carboxylic acids is 1. The number of anilines is 1. The van der Waals surface area contributed by atoms with Gasteiger partial charge in [-0.3, -0.25) is 9.59 Å². The third kappa shape index (κ3) is 4.94. The van der Waals surface area contributed by atoms with Crippen molar-refractivity contribution in [3.63, 3.8) is 0 Å². The number of carboxylic acid groups (broad SMARTS) is 1. The normalized spacial score (nSPS) is 9.90. The molecule has 108 valence electrons. The van der Waals surface area contributed by atoms with Gasteiger partial charge in [0.1, 0.15) is 5.75 Å². The van der Waals surface area contributed by atoms with Crippen LogP contribution >= 0.6 is 0 Å². The second-order valence-corrected chi connectivity index (χ2v) is 4.24. The lowest BCUT2D eigenvalue weighted by Crippen LogP contribution is -2.13. The molecular weight excluding hydrogens is 272 g/mol. The van der Waals surface area contributed by atoms with Gasteiger partial charge in [-0.1, -0.05) is 18.2 Å². The van der Waals surface area contributed by atoms with E-state index in [1.807, 2.05) is 30.3 Å². The predicted octanol–water partition coefficient (Wildman–Crippen LogP) is 2.68. The number of para-hydroxylation sites is 1. The average Bonchev–Trinajstić information content (AvgIpc) is 2.48. The van der Waals surface area contributed by atoms with Crippen molar-refractivity contribution in [1.82, 2.24) is 4.98 Å². The second kappa shape index (κ2) is 7.04. The molecule has 0 bridgehead atoms. The average molecular weight is 286 g/mol. The van der Waals surface area contributed by atoms with E-state index >= 15 is 0 Å². The van der Waals surface area contributed by atoms with Crippen molar-refractivity contribution in [2.45, 2.75) is 12.8 Å². The van der Waals surface area contributed by atoms with Gasteiger partial charge in [0.05, 0.1) is 18.3 Å². The van der Waals surface area contributed by atoms with Crippen molar-refractivity contribution >= 4 is 17.6 Å². The fourth-order valence-electron chi connectivity index (χ4n) is 1.57. The maximum absolute atomic E-state index is 11.5. The molecule has 2 rings (SSSR count). The van der Waals surface area contributed by atoms with E-state index in [4.69, 9.17) is 9.84 Å². The van der Waals surface area contributed by atoms with Crippen molar-refractivity contribution in [1.29, 1.82) is 0 Å². The number of ether oxygens (including phenoxy) is 1. The largest absolute Gasteiger partial charge is 0.481 e. The Kier molecular flexibility index (Phi) is 4.87. The Hall–Kier alpha value is -2.89. The summed E-state index contributed by atoms with van der Waals surface area (Å²) in [5.41, 5.74) is 0.491. The van der Waals surface area contributed by atoms with Crippen LogP contribution in [0.1, 0.15) is 12.8 Å². The summed E-state index contributed by atoms with van der Waals surface area (Å²) in [6.07, 6.45) is 1.18. The van der Waals surface area contributed by atoms with Gasteiger partial charge in [0.25, 0.3) is 0 Å². The lowest BCUT2D eigenvalue weighted by atomic mass is 10.3. The zero-order valence-electron chi connectivity index (χ0n) is 11.2. The van der Waals surface area contributed by atoms with E-state index < -0.39 is 5.97 Å².